The number of hydrogen-bond acceptors (Lipinski definition) is 1. The van der Waals surface area contributed by atoms with E-state index in [1.165, 1.54) is 5.56 Å². The van der Waals surface area contributed by atoms with Gasteiger partial charge in [0.05, 0.1) is 6.04 Å². The molecule has 3 aromatic rings. The molecule has 0 saturated carbocycles. The van der Waals surface area contributed by atoms with Gasteiger partial charge in [-0.1, -0.05) is 75.6 Å². The molecule has 0 aliphatic heterocycles. The van der Waals surface area contributed by atoms with Crippen molar-refractivity contribution in [3.05, 3.63) is 80.8 Å². The molecule has 0 amide bonds. The number of aryl methyl sites for hydroxylation is 1. The summed E-state index contributed by atoms with van der Waals surface area (Å²) in [5.74, 6) is 0. The van der Waals surface area contributed by atoms with Crippen molar-refractivity contribution in [1.82, 2.24) is 0 Å². The Morgan fingerprint density at radius 3 is 2.43 bits per heavy atom. The van der Waals surface area contributed by atoms with E-state index in [1.807, 2.05) is 36.4 Å². The normalized spacial score (nSPS) is 12.6. The molecule has 0 fully saturated rings. The Morgan fingerprint density at radius 2 is 1.67 bits per heavy atom. The van der Waals surface area contributed by atoms with Crippen molar-refractivity contribution in [2.45, 2.75) is 13.0 Å². The molecule has 0 spiro atoms. The summed E-state index contributed by atoms with van der Waals surface area (Å²) in [5, 5.41) is 2.90. The zero-order chi connectivity index (χ0) is 15.0. The zero-order valence-corrected chi connectivity index (χ0v) is 13.9. The second-order valence-corrected chi connectivity index (χ2v) is 6.45. The van der Waals surface area contributed by atoms with Crippen LogP contribution in [0.4, 0.5) is 0 Å². The molecule has 3 rings (SSSR count). The lowest BCUT2D eigenvalue weighted by molar-refractivity contribution is 0.873. The van der Waals surface area contributed by atoms with Gasteiger partial charge in [-0.2, -0.15) is 0 Å². The first-order valence-corrected chi connectivity index (χ1v) is 7.94. The van der Waals surface area contributed by atoms with Gasteiger partial charge in [0.2, 0.25) is 0 Å². The van der Waals surface area contributed by atoms with E-state index in [2.05, 4.69) is 41.1 Å². The van der Waals surface area contributed by atoms with Gasteiger partial charge in [-0.05, 0) is 35.6 Å². The molecule has 21 heavy (non-hydrogen) atoms. The van der Waals surface area contributed by atoms with E-state index in [9.17, 15) is 0 Å². The molecule has 0 radical (unpaired) electrons. The summed E-state index contributed by atoms with van der Waals surface area (Å²) in [6, 6.07) is 18.1. The Kier molecular flexibility index (Phi) is 4.03. The number of benzene rings is 3. The predicted octanol–water partition coefficient (Wildman–Crippen LogP) is 5.61. The monoisotopic (exact) mass is 359 g/mol. The van der Waals surface area contributed by atoms with Crippen LogP contribution in [0.15, 0.2) is 59.1 Å². The van der Waals surface area contributed by atoms with Crippen molar-refractivity contribution in [2.75, 3.05) is 0 Å². The standard InChI is InChI=1S/C18H15BrClN/c1-11-6-8-16(19)15(10-11)18(21)14-7-9-17(20)13-5-3-2-4-12(13)14/h2-10,18H,21H2,1H3. The molecule has 1 nitrogen and oxygen atoms in total. The minimum Gasteiger partial charge on any atom is -0.320 e. The minimum atomic E-state index is -0.193. The second kappa shape index (κ2) is 5.80. The maximum atomic E-state index is 6.53. The number of hydrogen-bond donors (Lipinski definition) is 1. The minimum absolute atomic E-state index is 0.193. The summed E-state index contributed by atoms with van der Waals surface area (Å²) in [5.41, 5.74) is 9.90. The SMILES string of the molecule is Cc1ccc(Br)c(C(N)c2ccc(Cl)c3ccccc23)c1. The van der Waals surface area contributed by atoms with Crippen molar-refractivity contribution in [3.8, 4) is 0 Å². The molecule has 0 heterocycles. The quantitative estimate of drug-likeness (QED) is 0.631. The topological polar surface area (TPSA) is 26.0 Å². The summed E-state index contributed by atoms with van der Waals surface area (Å²) in [6.45, 7) is 2.07. The third-order valence-electron chi connectivity index (χ3n) is 3.73. The fourth-order valence-corrected chi connectivity index (χ4v) is 3.35. The van der Waals surface area contributed by atoms with Crippen LogP contribution < -0.4 is 5.73 Å². The van der Waals surface area contributed by atoms with Crippen LogP contribution in [-0.4, -0.2) is 0 Å². The molecule has 0 saturated heterocycles. The van der Waals surface area contributed by atoms with Gasteiger partial charge in [-0.3, -0.25) is 0 Å². The Morgan fingerprint density at radius 1 is 0.952 bits per heavy atom. The molecule has 3 heteroatoms. The van der Waals surface area contributed by atoms with Crippen LogP contribution in [0.5, 0.6) is 0 Å². The molecule has 3 aromatic carbocycles. The summed E-state index contributed by atoms with van der Waals surface area (Å²) < 4.78 is 1.03. The highest BCUT2D eigenvalue weighted by Crippen LogP contribution is 2.34. The molecule has 0 aliphatic rings. The highest BCUT2D eigenvalue weighted by atomic mass is 79.9. The summed E-state index contributed by atoms with van der Waals surface area (Å²) in [6.07, 6.45) is 0. The third-order valence-corrected chi connectivity index (χ3v) is 4.78. The highest BCUT2D eigenvalue weighted by molar-refractivity contribution is 9.10. The van der Waals surface area contributed by atoms with Gasteiger partial charge in [0.25, 0.3) is 0 Å². The van der Waals surface area contributed by atoms with Gasteiger partial charge >= 0.3 is 0 Å². The van der Waals surface area contributed by atoms with E-state index < -0.39 is 0 Å². The smallest absolute Gasteiger partial charge is 0.0569 e. The van der Waals surface area contributed by atoms with E-state index in [-0.39, 0.29) is 6.04 Å². The third kappa shape index (κ3) is 2.71. The predicted molar refractivity (Wildman–Crippen MR) is 93.9 cm³/mol. The molecular formula is C18H15BrClN. The molecule has 1 unspecified atom stereocenters. The molecule has 0 aromatic heterocycles. The average molecular weight is 361 g/mol. The van der Waals surface area contributed by atoms with Crippen molar-refractivity contribution in [3.63, 3.8) is 0 Å². The fraction of sp³-hybridized carbons (Fsp3) is 0.111. The molecule has 106 valence electrons. The summed E-state index contributed by atoms with van der Waals surface area (Å²) in [4.78, 5) is 0. The molecule has 0 bridgehead atoms. The number of nitrogens with two attached hydrogens (primary N) is 1. The average Bonchev–Trinajstić information content (AvgIpc) is 2.50. The van der Waals surface area contributed by atoms with Crippen LogP contribution in [0, 0.1) is 6.92 Å². The van der Waals surface area contributed by atoms with Crippen LogP contribution in [0.3, 0.4) is 0 Å². The van der Waals surface area contributed by atoms with Gasteiger partial charge in [-0.25, -0.2) is 0 Å². The van der Waals surface area contributed by atoms with Crippen molar-refractivity contribution in [1.29, 1.82) is 0 Å². The Hall–Kier alpha value is -1.35. The van der Waals surface area contributed by atoms with Gasteiger partial charge in [0.1, 0.15) is 0 Å². The van der Waals surface area contributed by atoms with E-state index in [0.717, 1.165) is 31.4 Å². The van der Waals surface area contributed by atoms with Gasteiger partial charge in [0, 0.05) is 14.9 Å². The van der Waals surface area contributed by atoms with Gasteiger partial charge in [0.15, 0.2) is 0 Å². The Labute approximate surface area is 137 Å². The second-order valence-electron chi connectivity index (χ2n) is 5.18. The Balaban J connectivity index is 2.20. The first-order chi connectivity index (χ1) is 10.1. The lowest BCUT2D eigenvalue weighted by Gasteiger charge is -2.18. The van der Waals surface area contributed by atoms with Crippen LogP contribution >= 0.6 is 27.5 Å². The highest BCUT2D eigenvalue weighted by Gasteiger charge is 2.16. The first-order valence-electron chi connectivity index (χ1n) is 6.76. The van der Waals surface area contributed by atoms with Crippen molar-refractivity contribution in [2.24, 2.45) is 5.73 Å². The lowest BCUT2D eigenvalue weighted by atomic mass is 9.93. The van der Waals surface area contributed by atoms with Gasteiger partial charge < -0.3 is 5.73 Å². The summed E-state index contributed by atoms with van der Waals surface area (Å²) >= 11 is 9.89. The summed E-state index contributed by atoms with van der Waals surface area (Å²) in [7, 11) is 0. The van der Waals surface area contributed by atoms with E-state index in [4.69, 9.17) is 17.3 Å². The van der Waals surface area contributed by atoms with Crippen LogP contribution in [0.2, 0.25) is 5.02 Å². The maximum Gasteiger partial charge on any atom is 0.0569 e. The Bertz CT molecular complexity index is 813. The zero-order valence-electron chi connectivity index (χ0n) is 11.6. The fourth-order valence-electron chi connectivity index (χ4n) is 2.63. The number of rotatable bonds is 2. The lowest BCUT2D eigenvalue weighted by Crippen LogP contribution is -2.13. The molecule has 0 aliphatic carbocycles. The first kappa shape index (κ1) is 14.6. The van der Waals surface area contributed by atoms with E-state index >= 15 is 0 Å². The molecular weight excluding hydrogens is 346 g/mol. The van der Waals surface area contributed by atoms with Gasteiger partial charge in [-0.15, -0.1) is 0 Å². The van der Waals surface area contributed by atoms with Crippen molar-refractivity contribution < 1.29 is 0 Å². The van der Waals surface area contributed by atoms with Crippen LogP contribution in [-0.2, 0) is 0 Å². The van der Waals surface area contributed by atoms with Crippen molar-refractivity contribution >= 4 is 38.3 Å². The molecule has 2 N–H and O–H groups in total. The number of fused-ring (bicyclic) bond motifs is 1. The van der Waals surface area contributed by atoms with Crippen LogP contribution in [0.1, 0.15) is 22.7 Å². The van der Waals surface area contributed by atoms with Crippen LogP contribution in [0.25, 0.3) is 10.8 Å². The van der Waals surface area contributed by atoms with E-state index in [1.54, 1.807) is 0 Å². The molecule has 1 atom stereocenters. The number of halogens is 2. The van der Waals surface area contributed by atoms with E-state index in [0.29, 0.717) is 0 Å². The largest absolute Gasteiger partial charge is 0.320 e. The maximum absolute atomic E-state index is 6.53.